The van der Waals surface area contributed by atoms with Crippen LogP contribution >= 0.6 is 11.8 Å². The minimum Gasteiger partial charge on any atom is -0.345 e. The second-order valence-corrected chi connectivity index (χ2v) is 3.55. The van der Waals surface area contributed by atoms with Crippen molar-refractivity contribution in [2.45, 2.75) is 4.90 Å². The maximum absolute atomic E-state index is 4.20. The van der Waals surface area contributed by atoms with Crippen molar-refractivity contribution in [1.29, 1.82) is 0 Å². The zero-order chi connectivity index (χ0) is 9.10. The lowest BCUT2D eigenvalue weighted by Crippen LogP contribution is -1.80. The second kappa shape index (κ2) is 3.66. The van der Waals surface area contributed by atoms with Crippen molar-refractivity contribution in [2.24, 2.45) is 0 Å². The first-order valence-electron chi connectivity index (χ1n) is 4.04. The summed E-state index contributed by atoms with van der Waals surface area (Å²) in [5.74, 6) is 0.927. The van der Waals surface area contributed by atoms with Gasteiger partial charge in [-0.05, 0) is 18.4 Å². The highest BCUT2D eigenvalue weighted by atomic mass is 32.2. The minimum atomic E-state index is 0.927. The fourth-order valence-electron chi connectivity index (χ4n) is 1.19. The maximum atomic E-state index is 4.20. The lowest BCUT2D eigenvalue weighted by molar-refractivity contribution is 1.29. The Bertz CT molecular complexity index is 382. The third kappa shape index (κ3) is 1.75. The van der Waals surface area contributed by atoms with Gasteiger partial charge >= 0.3 is 0 Å². The molecule has 13 heavy (non-hydrogen) atoms. The molecule has 66 valence electrons. The fourth-order valence-corrected chi connectivity index (χ4v) is 1.65. The minimum absolute atomic E-state index is 0.927. The predicted molar refractivity (Wildman–Crippen MR) is 55.8 cm³/mol. The molecule has 2 aromatic rings. The largest absolute Gasteiger partial charge is 0.345 e. The lowest BCUT2D eigenvalue weighted by Gasteiger charge is -1.99. The Morgan fingerprint density at radius 1 is 1.38 bits per heavy atom. The van der Waals surface area contributed by atoms with Crippen molar-refractivity contribution >= 4 is 11.8 Å². The first kappa shape index (κ1) is 8.38. The molecule has 0 atom stereocenters. The summed E-state index contributed by atoms with van der Waals surface area (Å²) >= 11 is 1.74. The van der Waals surface area contributed by atoms with Gasteiger partial charge < -0.3 is 4.98 Å². The van der Waals surface area contributed by atoms with E-state index in [0.717, 1.165) is 11.4 Å². The second-order valence-electron chi connectivity index (χ2n) is 2.67. The number of nitrogens with zero attached hydrogens (tertiary/aromatic N) is 1. The van der Waals surface area contributed by atoms with Crippen LogP contribution in [0.2, 0.25) is 0 Å². The SMILES string of the molecule is CSc1cccc(-c2ncc[nH]2)c1. The highest BCUT2D eigenvalue weighted by Gasteiger charge is 1.99. The van der Waals surface area contributed by atoms with Gasteiger partial charge in [-0.1, -0.05) is 12.1 Å². The summed E-state index contributed by atoms with van der Waals surface area (Å²) in [7, 11) is 0. The molecule has 1 heterocycles. The van der Waals surface area contributed by atoms with Crippen LogP contribution in [0, 0.1) is 0 Å². The number of nitrogens with one attached hydrogen (secondary N) is 1. The molecule has 0 amide bonds. The van der Waals surface area contributed by atoms with Crippen LogP contribution < -0.4 is 0 Å². The van der Waals surface area contributed by atoms with Gasteiger partial charge in [0.25, 0.3) is 0 Å². The van der Waals surface area contributed by atoms with Crippen LogP contribution in [0.3, 0.4) is 0 Å². The van der Waals surface area contributed by atoms with Gasteiger partial charge in [0, 0.05) is 22.9 Å². The van der Waals surface area contributed by atoms with Crippen molar-refractivity contribution in [3.8, 4) is 11.4 Å². The van der Waals surface area contributed by atoms with Gasteiger partial charge in [-0.3, -0.25) is 0 Å². The number of H-pyrrole nitrogens is 1. The predicted octanol–water partition coefficient (Wildman–Crippen LogP) is 2.80. The Kier molecular flexibility index (Phi) is 2.36. The van der Waals surface area contributed by atoms with Gasteiger partial charge in [0.1, 0.15) is 5.82 Å². The zero-order valence-corrected chi connectivity index (χ0v) is 8.14. The van der Waals surface area contributed by atoms with Gasteiger partial charge in [-0.25, -0.2) is 4.98 Å². The molecular weight excluding hydrogens is 180 g/mol. The molecule has 0 spiro atoms. The summed E-state index contributed by atoms with van der Waals surface area (Å²) in [6.07, 6.45) is 5.67. The average molecular weight is 190 g/mol. The van der Waals surface area contributed by atoms with Crippen LogP contribution in [0.5, 0.6) is 0 Å². The Hall–Kier alpha value is -1.22. The Labute approximate surface area is 81.4 Å². The third-order valence-corrected chi connectivity index (χ3v) is 2.57. The van der Waals surface area contributed by atoms with Gasteiger partial charge in [0.2, 0.25) is 0 Å². The number of imidazole rings is 1. The zero-order valence-electron chi connectivity index (χ0n) is 7.32. The maximum Gasteiger partial charge on any atom is 0.137 e. The van der Waals surface area contributed by atoms with Crippen molar-refractivity contribution in [3.05, 3.63) is 36.7 Å². The van der Waals surface area contributed by atoms with Crippen molar-refractivity contribution in [1.82, 2.24) is 9.97 Å². The van der Waals surface area contributed by atoms with E-state index in [2.05, 4.69) is 34.4 Å². The van der Waals surface area contributed by atoms with Gasteiger partial charge in [0.05, 0.1) is 0 Å². The first-order chi connectivity index (χ1) is 6.40. The highest BCUT2D eigenvalue weighted by molar-refractivity contribution is 7.98. The molecule has 0 bridgehead atoms. The molecule has 2 rings (SSSR count). The van der Waals surface area contributed by atoms with Crippen LogP contribution in [-0.4, -0.2) is 16.2 Å². The van der Waals surface area contributed by atoms with E-state index < -0.39 is 0 Å². The number of hydrogen-bond acceptors (Lipinski definition) is 2. The number of aromatic nitrogens is 2. The summed E-state index contributed by atoms with van der Waals surface area (Å²) in [6.45, 7) is 0. The summed E-state index contributed by atoms with van der Waals surface area (Å²) in [4.78, 5) is 8.54. The summed E-state index contributed by atoms with van der Waals surface area (Å²) in [6, 6.07) is 8.32. The molecule has 1 aromatic heterocycles. The van der Waals surface area contributed by atoms with E-state index in [4.69, 9.17) is 0 Å². The topological polar surface area (TPSA) is 28.7 Å². The molecule has 0 saturated carbocycles. The molecule has 0 saturated heterocycles. The number of aromatic amines is 1. The Morgan fingerprint density at radius 3 is 3.00 bits per heavy atom. The molecule has 1 N–H and O–H groups in total. The molecule has 0 aliphatic rings. The summed E-state index contributed by atoms with van der Waals surface area (Å²) < 4.78 is 0. The molecule has 0 aliphatic carbocycles. The molecule has 0 aliphatic heterocycles. The monoisotopic (exact) mass is 190 g/mol. The molecule has 1 aromatic carbocycles. The summed E-state index contributed by atoms with van der Waals surface area (Å²) in [5, 5.41) is 0. The third-order valence-electron chi connectivity index (χ3n) is 1.84. The van der Waals surface area contributed by atoms with Crippen LogP contribution in [0.15, 0.2) is 41.6 Å². The van der Waals surface area contributed by atoms with Gasteiger partial charge in [-0.15, -0.1) is 11.8 Å². The number of rotatable bonds is 2. The molecule has 3 heteroatoms. The number of hydrogen-bond donors (Lipinski definition) is 1. The van der Waals surface area contributed by atoms with Crippen LogP contribution in [0.4, 0.5) is 0 Å². The molecule has 0 unspecified atom stereocenters. The molecular formula is C10H10N2S. The van der Waals surface area contributed by atoms with Crippen molar-refractivity contribution < 1.29 is 0 Å². The highest BCUT2D eigenvalue weighted by Crippen LogP contribution is 2.21. The smallest absolute Gasteiger partial charge is 0.137 e. The molecule has 2 nitrogen and oxygen atoms in total. The van der Waals surface area contributed by atoms with E-state index in [9.17, 15) is 0 Å². The number of thioether (sulfide) groups is 1. The van der Waals surface area contributed by atoms with E-state index >= 15 is 0 Å². The fraction of sp³-hybridized carbons (Fsp3) is 0.100. The standard InChI is InChI=1S/C10H10N2S/c1-13-9-4-2-3-8(7-9)10-11-5-6-12-10/h2-7H,1H3,(H,11,12). The molecule has 0 radical (unpaired) electrons. The Morgan fingerprint density at radius 2 is 2.31 bits per heavy atom. The van der Waals surface area contributed by atoms with Crippen LogP contribution in [0.25, 0.3) is 11.4 Å². The van der Waals surface area contributed by atoms with E-state index in [0.29, 0.717) is 0 Å². The van der Waals surface area contributed by atoms with Crippen molar-refractivity contribution in [2.75, 3.05) is 6.26 Å². The average Bonchev–Trinajstić information content (AvgIpc) is 2.71. The van der Waals surface area contributed by atoms with Crippen molar-refractivity contribution in [3.63, 3.8) is 0 Å². The number of benzene rings is 1. The van der Waals surface area contributed by atoms with E-state index in [1.165, 1.54) is 4.90 Å². The quantitative estimate of drug-likeness (QED) is 0.738. The van der Waals surface area contributed by atoms with Crippen LogP contribution in [-0.2, 0) is 0 Å². The van der Waals surface area contributed by atoms with Gasteiger partial charge in [0.15, 0.2) is 0 Å². The van der Waals surface area contributed by atoms with E-state index in [1.54, 1.807) is 18.0 Å². The van der Waals surface area contributed by atoms with E-state index in [1.807, 2.05) is 12.3 Å². The molecule has 0 fully saturated rings. The first-order valence-corrected chi connectivity index (χ1v) is 5.26. The normalized spacial score (nSPS) is 10.2. The van der Waals surface area contributed by atoms with Crippen LogP contribution in [0.1, 0.15) is 0 Å². The van der Waals surface area contributed by atoms with E-state index in [-0.39, 0.29) is 0 Å². The van der Waals surface area contributed by atoms with Gasteiger partial charge in [-0.2, -0.15) is 0 Å². The lowest BCUT2D eigenvalue weighted by atomic mass is 10.2. The summed E-state index contributed by atoms with van der Waals surface area (Å²) in [5.41, 5.74) is 1.14. The Balaban J connectivity index is 2.41.